The minimum Gasteiger partial charge on any atom is -0.338 e. The largest absolute Gasteiger partial charge is 0.338 e. The van der Waals surface area contributed by atoms with E-state index < -0.39 is 0 Å². The smallest absolute Gasteiger partial charge is 0.319 e. The molecule has 1 aliphatic carbocycles. The Labute approximate surface area is 115 Å². The number of carbonyl (C=O) groups is 1. The van der Waals surface area contributed by atoms with Gasteiger partial charge in [-0.3, -0.25) is 0 Å². The summed E-state index contributed by atoms with van der Waals surface area (Å²) in [6, 6.07) is 8.15. The second-order valence-electron chi connectivity index (χ2n) is 5.26. The van der Waals surface area contributed by atoms with Gasteiger partial charge in [0.1, 0.15) is 0 Å². The molecule has 3 N–H and O–H groups in total. The molecule has 0 heterocycles. The summed E-state index contributed by atoms with van der Waals surface area (Å²) in [4.78, 5) is 11.7. The zero-order chi connectivity index (χ0) is 13.7. The van der Waals surface area contributed by atoms with Gasteiger partial charge in [-0.05, 0) is 50.4 Å². The molecule has 1 aromatic rings. The van der Waals surface area contributed by atoms with Crippen LogP contribution in [0.1, 0.15) is 37.8 Å². The molecule has 0 radical (unpaired) electrons. The maximum Gasteiger partial charge on any atom is 0.319 e. The first-order valence-electron chi connectivity index (χ1n) is 7.01. The van der Waals surface area contributed by atoms with Gasteiger partial charge < -0.3 is 16.0 Å². The number of rotatable bonds is 5. The summed E-state index contributed by atoms with van der Waals surface area (Å²) in [5.41, 5.74) is 2.04. The van der Waals surface area contributed by atoms with Crippen molar-refractivity contribution in [1.29, 1.82) is 0 Å². The van der Waals surface area contributed by atoms with Crippen molar-refractivity contribution >= 4 is 11.7 Å². The lowest BCUT2D eigenvalue weighted by molar-refractivity contribution is 0.243. The quantitative estimate of drug-likeness (QED) is 0.763. The van der Waals surface area contributed by atoms with Crippen molar-refractivity contribution in [2.45, 2.75) is 32.2 Å². The highest BCUT2D eigenvalue weighted by atomic mass is 16.2. The van der Waals surface area contributed by atoms with Crippen LogP contribution in [0.4, 0.5) is 10.5 Å². The number of hydrogen-bond donors (Lipinski definition) is 3. The Morgan fingerprint density at radius 3 is 2.53 bits per heavy atom. The summed E-state index contributed by atoms with van der Waals surface area (Å²) in [7, 11) is 1.94. The third kappa shape index (κ3) is 3.96. The normalized spacial score (nSPS) is 16.5. The van der Waals surface area contributed by atoms with E-state index >= 15 is 0 Å². The molecule has 0 aliphatic heterocycles. The number of hydrogen-bond acceptors (Lipinski definition) is 2. The summed E-state index contributed by atoms with van der Waals surface area (Å²) in [6.07, 6.45) is 3.80. The lowest BCUT2D eigenvalue weighted by Gasteiger charge is -2.25. The average molecular weight is 261 g/mol. The van der Waals surface area contributed by atoms with Crippen LogP contribution in [0.2, 0.25) is 0 Å². The SMILES string of the molecule is CNC(C)c1ccc(NC(=O)NCC2CCC2)cc1. The second-order valence-corrected chi connectivity index (χ2v) is 5.26. The molecule has 1 saturated carbocycles. The van der Waals surface area contributed by atoms with E-state index in [2.05, 4.69) is 22.9 Å². The molecule has 2 amide bonds. The number of benzene rings is 1. The van der Waals surface area contributed by atoms with E-state index in [4.69, 9.17) is 0 Å². The van der Waals surface area contributed by atoms with Crippen molar-refractivity contribution in [2.75, 3.05) is 18.9 Å². The second kappa shape index (κ2) is 6.57. The lowest BCUT2D eigenvalue weighted by atomic mass is 9.85. The van der Waals surface area contributed by atoms with Crippen molar-refractivity contribution in [3.63, 3.8) is 0 Å². The standard InChI is InChI=1S/C15H23N3O/c1-11(16-2)13-6-8-14(9-7-13)18-15(19)17-10-12-4-3-5-12/h6-9,11-12,16H,3-5,10H2,1-2H3,(H2,17,18,19). The van der Waals surface area contributed by atoms with Crippen LogP contribution in [0, 0.1) is 5.92 Å². The molecule has 1 fully saturated rings. The molecule has 0 saturated heterocycles. The van der Waals surface area contributed by atoms with E-state index in [1.54, 1.807) is 0 Å². The van der Waals surface area contributed by atoms with Crippen molar-refractivity contribution in [2.24, 2.45) is 5.92 Å². The highest BCUT2D eigenvalue weighted by molar-refractivity contribution is 5.89. The van der Waals surface area contributed by atoms with Gasteiger partial charge in [0.05, 0.1) is 0 Å². The van der Waals surface area contributed by atoms with Crippen LogP contribution in [-0.2, 0) is 0 Å². The summed E-state index contributed by atoms with van der Waals surface area (Å²) in [6.45, 7) is 2.90. The first-order chi connectivity index (χ1) is 9.19. The van der Waals surface area contributed by atoms with Gasteiger partial charge in [-0.25, -0.2) is 4.79 Å². The van der Waals surface area contributed by atoms with Crippen molar-refractivity contribution in [3.05, 3.63) is 29.8 Å². The van der Waals surface area contributed by atoms with E-state index in [1.807, 2.05) is 31.3 Å². The Morgan fingerprint density at radius 2 is 2.00 bits per heavy atom. The summed E-state index contributed by atoms with van der Waals surface area (Å²) in [5, 5.41) is 8.97. The maximum absolute atomic E-state index is 11.7. The Morgan fingerprint density at radius 1 is 1.32 bits per heavy atom. The average Bonchev–Trinajstić information content (AvgIpc) is 2.37. The molecule has 0 aromatic heterocycles. The summed E-state index contributed by atoms with van der Waals surface area (Å²) in [5.74, 6) is 0.685. The van der Waals surface area contributed by atoms with Gasteiger partial charge in [-0.1, -0.05) is 18.6 Å². The Balaban J connectivity index is 1.79. The van der Waals surface area contributed by atoms with E-state index in [9.17, 15) is 4.79 Å². The molecule has 4 heteroatoms. The monoisotopic (exact) mass is 261 g/mol. The van der Waals surface area contributed by atoms with E-state index in [0.717, 1.165) is 12.2 Å². The topological polar surface area (TPSA) is 53.2 Å². The third-order valence-electron chi connectivity index (χ3n) is 3.88. The lowest BCUT2D eigenvalue weighted by Crippen LogP contribution is -2.35. The van der Waals surface area contributed by atoms with Crippen molar-refractivity contribution < 1.29 is 4.79 Å². The molecule has 4 nitrogen and oxygen atoms in total. The Kier molecular flexibility index (Phi) is 4.80. The molecular formula is C15H23N3O. The van der Waals surface area contributed by atoms with Gasteiger partial charge in [0.15, 0.2) is 0 Å². The van der Waals surface area contributed by atoms with Gasteiger partial charge >= 0.3 is 6.03 Å². The van der Waals surface area contributed by atoms with Gasteiger partial charge in [0, 0.05) is 18.3 Å². The fourth-order valence-corrected chi connectivity index (χ4v) is 2.13. The van der Waals surface area contributed by atoms with Crippen LogP contribution in [0.5, 0.6) is 0 Å². The molecule has 1 aromatic carbocycles. The molecule has 104 valence electrons. The molecular weight excluding hydrogens is 238 g/mol. The fraction of sp³-hybridized carbons (Fsp3) is 0.533. The molecule has 2 rings (SSSR count). The van der Waals surface area contributed by atoms with Crippen LogP contribution in [0.3, 0.4) is 0 Å². The highest BCUT2D eigenvalue weighted by Gasteiger charge is 2.17. The number of anilines is 1. The van der Waals surface area contributed by atoms with Crippen LogP contribution in [0.25, 0.3) is 0 Å². The van der Waals surface area contributed by atoms with Crippen LogP contribution in [-0.4, -0.2) is 19.6 Å². The van der Waals surface area contributed by atoms with E-state index in [1.165, 1.54) is 24.8 Å². The molecule has 1 atom stereocenters. The minimum atomic E-state index is -0.110. The molecule has 19 heavy (non-hydrogen) atoms. The number of amides is 2. The third-order valence-corrected chi connectivity index (χ3v) is 3.88. The van der Waals surface area contributed by atoms with Crippen LogP contribution < -0.4 is 16.0 Å². The highest BCUT2D eigenvalue weighted by Crippen LogP contribution is 2.25. The number of nitrogens with one attached hydrogen (secondary N) is 3. The van der Waals surface area contributed by atoms with Crippen LogP contribution >= 0.6 is 0 Å². The fourth-order valence-electron chi connectivity index (χ4n) is 2.13. The van der Waals surface area contributed by atoms with Crippen molar-refractivity contribution in [3.8, 4) is 0 Å². The Hall–Kier alpha value is -1.55. The van der Waals surface area contributed by atoms with Crippen molar-refractivity contribution in [1.82, 2.24) is 10.6 Å². The van der Waals surface area contributed by atoms with Crippen LogP contribution in [0.15, 0.2) is 24.3 Å². The first kappa shape index (κ1) is 13.9. The Bertz CT molecular complexity index is 412. The zero-order valence-electron chi connectivity index (χ0n) is 11.7. The molecule has 0 spiro atoms. The van der Waals surface area contributed by atoms with Gasteiger partial charge in [0.2, 0.25) is 0 Å². The molecule has 0 bridgehead atoms. The van der Waals surface area contributed by atoms with E-state index in [-0.39, 0.29) is 6.03 Å². The first-order valence-corrected chi connectivity index (χ1v) is 7.01. The zero-order valence-corrected chi connectivity index (χ0v) is 11.7. The minimum absolute atomic E-state index is 0.110. The predicted molar refractivity (Wildman–Crippen MR) is 78.3 cm³/mol. The molecule has 1 aliphatic rings. The van der Waals surface area contributed by atoms with Gasteiger partial charge in [-0.2, -0.15) is 0 Å². The van der Waals surface area contributed by atoms with Gasteiger partial charge in [-0.15, -0.1) is 0 Å². The van der Waals surface area contributed by atoms with Gasteiger partial charge in [0.25, 0.3) is 0 Å². The summed E-state index contributed by atoms with van der Waals surface area (Å²) < 4.78 is 0. The predicted octanol–water partition coefficient (Wildman–Crippen LogP) is 2.89. The molecule has 1 unspecified atom stereocenters. The number of urea groups is 1. The number of carbonyl (C=O) groups excluding carboxylic acids is 1. The van der Waals surface area contributed by atoms with E-state index in [0.29, 0.717) is 12.0 Å². The summed E-state index contributed by atoms with van der Waals surface area (Å²) >= 11 is 0. The maximum atomic E-state index is 11.7.